The van der Waals surface area contributed by atoms with Crippen molar-refractivity contribution in [3.05, 3.63) is 18.3 Å². The zero-order chi connectivity index (χ0) is 16.2. The second-order valence-corrected chi connectivity index (χ2v) is 5.87. The molecule has 4 atom stereocenters. The summed E-state index contributed by atoms with van der Waals surface area (Å²) in [5.41, 5.74) is 5.20. The molecule has 4 heterocycles. The van der Waals surface area contributed by atoms with Gasteiger partial charge in [0.25, 0.3) is 0 Å². The molecule has 2 saturated heterocycles. The smallest absolute Gasteiger partial charge is 0.312 e. The molecule has 2 aliphatic heterocycles. The SMILES string of the molecule is COC[C@]12CCOC(C1O)[C@H](n1ccc3c(N)nc(F)nc31)O2. The molecule has 0 amide bonds. The summed E-state index contributed by atoms with van der Waals surface area (Å²) < 4.78 is 32.1. The van der Waals surface area contributed by atoms with Gasteiger partial charge in [0.1, 0.15) is 23.6 Å². The standard InChI is InChI=1S/C14H17FN4O4/c1-21-6-14-3-5-22-8(9(14)20)12(23-14)19-4-2-7-10(16)17-13(15)18-11(7)19/h2,4,8-9,12,20H,3,5-6H2,1H3,(H2,16,17,18)/t8?,9?,12-,14-/m1/s1. The molecule has 2 bridgehead atoms. The third kappa shape index (κ3) is 2.04. The minimum Gasteiger partial charge on any atom is -0.387 e. The van der Waals surface area contributed by atoms with Gasteiger partial charge in [-0.05, 0) is 6.07 Å². The van der Waals surface area contributed by atoms with Crippen LogP contribution in [0.4, 0.5) is 10.2 Å². The van der Waals surface area contributed by atoms with Crippen molar-refractivity contribution >= 4 is 16.9 Å². The average molecular weight is 324 g/mol. The Bertz CT molecular complexity index is 750. The van der Waals surface area contributed by atoms with Crippen LogP contribution < -0.4 is 5.73 Å². The molecule has 4 rings (SSSR count). The van der Waals surface area contributed by atoms with Gasteiger partial charge in [0, 0.05) is 19.7 Å². The molecule has 2 fully saturated rings. The Morgan fingerprint density at radius 3 is 3.17 bits per heavy atom. The van der Waals surface area contributed by atoms with Gasteiger partial charge in [-0.3, -0.25) is 0 Å². The van der Waals surface area contributed by atoms with Crippen LogP contribution in [-0.4, -0.2) is 57.8 Å². The fourth-order valence-electron chi connectivity index (χ4n) is 3.47. The van der Waals surface area contributed by atoms with Crippen LogP contribution in [0.1, 0.15) is 12.6 Å². The number of ether oxygens (including phenoxy) is 3. The maximum absolute atomic E-state index is 13.5. The van der Waals surface area contributed by atoms with E-state index >= 15 is 0 Å². The van der Waals surface area contributed by atoms with E-state index in [1.165, 1.54) is 0 Å². The second-order valence-electron chi connectivity index (χ2n) is 5.87. The number of aliphatic hydroxyl groups excluding tert-OH is 1. The van der Waals surface area contributed by atoms with Gasteiger partial charge in [0.15, 0.2) is 11.9 Å². The molecule has 23 heavy (non-hydrogen) atoms. The normalized spacial score (nSPS) is 33.4. The van der Waals surface area contributed by atoms with Crippen LogP contribution in [0.25, 0.3) is 11.0 Å². The highest BCUT2D eigenvalue weighted by Gasteiger charge is 2.58. The van der Waals surface area contributed by atoms with E-state index in [9.17, 15) is 9.50 Å². The summed E-state index contributed by atoms with van der Waals surface area (Å²) >= 11 is 0. The summed E-state index contributed by atoms with van der Waals surface area (Å²) in [5, 5.41) is 11.1. The zero-order valence-electron chi connectivity index (χ0n) is 12.5. The number of rotatable bonds is 3. The average Bonchev–Trinajstić information content (AvgIpc) is 2.95. The first kappa shape index (κ1) is 14.8. The molecule has 8 nitrogen and oxygen atoms in total. The van der Waals surface area contributed by atoms with Crippen LogP contribution in [0.3, 0.4) is 0 Å². The minimum atomic E-state index is -0.913. The van der Waals surface area contributed by atoms with Gasteiger partial charge < -0.3 is 29.6 Å². The Balaban J connectivity index is 1.80. The first-order chi connectivity index (χ1) is 11.1. The van der Waals surface area contributed by atoms with Crippen LogP contribution >= 0.6 is 0 Å². The summed E-state index contributed by atoms with van der Waals surface area (Å²) in [6.07, 6.45) is -0.800. The van der Waals surface area contributed by atoms with Gasteiger partial charge in [0.2, 0.25) is 0 Å². The molecular weight excluding hydrogens is 307 g/mol. The topological polar surface area (TPSA) is 105 Å². The molecule has 124 valence electrons. The lowest BCUT2D eigenvalue weighted by molar-refractivity contribution is -0.149. The van der Waals surface area contributed by atoms with Gasteiger partial charge in [0.05, 0.1) is 18.6 Å². The highest BCUT2D eigenvalue weighted by molar-refractivity contribution is 5.86. The zero-order valence-corrected chi connectivity index (χ0v) is 12.5. The van der Waals surface area contributed by atoms with E-state index in [-0.39, 0.29) is 12.4 Å². The third-order valence-corrected chi connectivity index (χ3v) is 4.56. The summed E-state index contributed by atoms with van der Waals surface area (Å²) in [4.78, 5) is 7.32. The lowest BCUT2D eigenvalue weighted by Crippen LogP contribution is -2.51. The van der Waals surface area contributed by atoms with E-state index in [0.29, 0.717) is 24.1 Å². The summed E-state index contributed by atoms with van der Waals surface area (Å²) in [6.45, 7) is 0.696. The summed E-state index contributed by atoms with van der Waals surface area (Å²) in [6, 6.07) is 1.69. The van der Waals surface area contributed by atoms with E-state index in [0.717, 1.165) is 0 Å². The van der Waals surface area contributed by atoms with Gasteiger partial charge >= 0.3 is 6.08 Å². The number of anilines is 1. The van der Waals surface area contributed by atoms with E-state index in [4.69, 9.17) is 19.9 Å². The van der Waals surface area contributed by atoms with Crippen molar-refractivity contribution in [2.75, 3.05) is 26.1 Å². The highest BCUT2D eigenvalue weighted by atomic mass is 19.1. The lowest BCUT2D eigenvalue weighted by Gasteiger charge is -2.34. The fourth-order valence-corrected chi connectivity index (χ4v) is 3.47. The van der Waals surface area contributed by atoms with E-state index in [2.05, 4.69) is 9.97 Å². The Hall–Kier alpha value is -1.81. The van der Waals surface area contributed by atoms with Crippen LogP contribution in [-0.2, 0) is 14.2 Å². The Kier molecular flexibility index (Phi) is 3.27. The number of hydrogen-bond acceptors (Lipinski definition) is 7. The molecule has 0 spiro atoms. The molecule has 3 N–H and O–H groups in total. The Morgan fingerprint density at radius 2 is 2.39 bits per heavy atom. The van der Waals surface area contributed by atoms with Crippen LogP contribution in [0, 0.1) is 6.08 Å². The molecule has 9 heteroatoms. The fraction of sp³-hybridized carbons (Fsp3) is 0.571. The molecule has 2 aliphatic rings. The number of nitrogens with two attached hydrogens (primary N) is 1. The largest absolute Gasteiger partial charge is 0.387 e. The van der Waals surface area contributed by atoms with Gasteiger partial charge in [-0.25, -0.2) is 0 Å². The predicted octanol–water partition coefficient (Wildman–Crippen LogP) is 0.216. The van der Waals surface area contributed by atoms with Crippen molar-refractivity contribution in [2.24, 2.45) is 0 Å². The van der Waals surface area contributed by atoms with E-state index < -0.39 is 30.1 Å². The van der Waals surface area contributed by atoms with Gasteiger partial charge in [-0.2, -0.15) is 14.4 Å². The number of halogens is 1. The molecule has 2 aromatic rings. The Morgan fingerprint density at radius 1 is 1.57 bits per heavy atom. The number of methoxy groups -OCH3 is 1. The van der Waals surface area contributed by atoms with Crippen molar-refractivity contribution in [3.63, 3.8) is 0 Å². The molecule has 0 aromatic carbocycles. The Labute approximate surface area is 131 Å². The van der Waals surface area contributed by atoms with E-state index in [1.807, 2.05) is 0 Å². The predicted molar refractivity (Wildman–Crippen MR) is 77.0 cm³/mol. The van der Waals surface area contributed by atoms with Gasteiger partial charge in [-0.15, -0.1) is 0 Å². The second kappa shape index (κ2) is 5.10. The molecule has 0 saturated carbocycles. The maximum atomic E-state index is 13.5. The molecule has 0 radical (unpaired) electrons. The van der Waals surface area contributed by atoms with E-state index in [1.54, 1.807) is 23.9 Å². The maximum Gasteiger partial charge on any atom is 0.312 e. The third-order valence-electron chi connectivity index (χ3n) is 4.56. The van der Waals surface area contributed by atoms with Crippen LogP contribution in [0.5, 0.6) is 0 Å². The van der Waals surface area contributed by atoms with Crippen molar-refractivity contribution in [2.45, 2.75) is 30.5 Å². The molecule has 0 aliphatic carbocycles. The quantitative estimate of drug-likeness (QED) is 0.778. The molecule has 2 unspecified atom stereocenters. The van der Waals surface area contributed by atoms with Crippen molar-refractivity contribution in [1.82, 2.24) is 14.5 Å². The number of aliphatic hydroxyl groups is 1. The number of nitrogens with zero attached hydrogens (tertiary/aromatic N) is 3. The molecular formula is C14H17FN4O4. The molecule has 2 aromatic heterocycles. The minimum absolute atomic E-state index is 0.0558. The first-order valence-corrected chi connectivity index (χ1v) is 7.32. The van der Waals surface area contributed by atoms with Crippen molar-refractivity contribution < 1.29 is 23.7 Å². The van der Waals surface area contributed by atoms with Crippen LogP contribution in [0.2, 0.25) is 0 Å². The van der Waals surface area contributed by atoms with Crippen molar-refractivity contribution in [1.29, 1.82) is 0 Å². The monoisotopic (exact) mass is 324 g/mol. The lowest BCUT2D eigenvalue weighted by atomic mass is 9.90. The number of nitrogen functional groups attached to an aromatic ring is 1. The first-order valence-electron chi connectivity index (χ1n) is 7.32. The van der Waals surface area contributed by atoms with Gasteiger partial charge in [-0.1, -0.05) is 0 Å². The van der Waals surface area contributed by atoms with Crippen molar-refractivity contribution in [3.8, 4) is 0 Å². The summed E-state index contributed by atoms with van der Waals surface area (Å²) in [7, 11) is 1.55. The number of aromatic nitrogens is 3. The van der Waals surface area contributed by atoms with Crippen LogP contribution in [0.15, 0.2) is 12.3 Å². The number of fused-ring (bicyclic) bond motifs is 3. The number of hydrogen-bond donors (Lipinski definition) is 2. The summed E-state index contributed by atoms with van der Waals surface area (Å²) in [5.74, 6) is 0.0558. The highest BCUT2D eigenvalue weighted by Crippen LogP contribution is 2.45.